The van der Waals surface area contributed by atoms with Crippen LogP contribution in [0, 0.1) is 5.41 Å². The van der Waals surface area contributed by atoms with Gasteiger partial charge >= 0.3 is 23.9 Å². The highest BCUT2D eigenvalue weighted by Crippen LogP contribution is 2.16. The molecule has 0 bridgehead atoms. The molecule has 1 unspecified atom stereocenters. The van der Waals surface area contributed by atoms with E-state index in [0.717, 1.165) is 6.08 Å². The van der Waals surface area contributed by atoms with E-state index in [-0.39, 0.29) is 12.8 Å². The van der Waals surface area contributed by atoms with E-state index in [1.807, 2.05) is 0 Å². The number of esters is 3. The average molecular weight is 300 g/mol. The molecule has 1 atom stereocenters. The van der Waals surface area contributed by atoms with Gasteiger partial charge in [0.25, 0.3) is 0 Å². The third kappa shape index (κ3) is 9.37. The number of hydrogen-bond donors (Lipinski definition) is 1. The van der Waals surface area contributed by atoms with Crippen molar-refractivity contribution in [3.05, 3.63) is 12.2 Å². The number of rotatable bonds is 6. The summed E-state index contributed by atoms with van der Waals surface area (Å²) in [7, 11) is 0. The standard InChI is InChI=1S/C14H20O7/c1-9(20-11(17)8-6-10(15)16)5-7-12(18)21-13(19)14(2,3)4/h6,8-9H,5,7H2,1-4H3,(H,15,16)/b8-6+. The van der Waals surface area contributed by atoms with Crippen molar-refractivity contribution < 1.29 is 33.8 Å². The topological polar surface area (TPSA) is 107 Å². The third-order valence-electron chi connectivity index (χ3n) is 2.25. The second-order valence-electron chi connectivity index (χ2n) is 5.47. The van der Waals surface area contributed by atoms with Gasteiger partial charge in [-0.25, -0.2) is 9.59 Å². The van der Waals surface area contributed by atoms with E-state index in [1.165, 1.54) is 0 Å². The Bertz CT molecular complexity index is 443. The number of hydrogen-bond acceptors (Lipinski definition) is 6. The summed E-state index contributed by atoms with van der Waals surface area (Å²) in [4.78, 5) is 44.3. The molecule has 0 aromatic carbocycles. The van der Waals surface area contributed by atoms with E-state index in [2.05, 4.69) is 4.74 Å². The number of carboxylic acids is 1. The minimum Gasteiger partial charge on any atom is -0.478 e. The highest BCUT2D eigenvalue weighted by atomic mass is 16.6. The molecule has 118 valence electrons. The lowest BCUT2D eigenvalue weighted by Gasteiger charge is -2.16. The Kier molecular flexibility index (Phi) is 7.33. The van der Waals surface area contributed by atoms with Gasteiger partial charge in [0.15, 0.2) is 0 Å². The molecule has 0 radical (unpaired) electrons. The van der Waals surface area contributed by atoms with Crippen LogP contribution in [-0.4, -0.2) is 35.1 Å². The van der Waals surface area contributed by atoms with Crippen LogP contribution in [0.2, 0.25) is 0 Å². The van der Waals surface area contributed by atoms with E-state index < -0.39 is 35.4 Å². The van der Waals surface area contributed by atoms with E-state index in [1.54, 1.807) is 27.7 Å². The van der Waals surface area contributed by atoms with Gasteiger partial charge in [-0.1, -0.05) is 0 Å². The fourth-order valence-electron chi connectivity index (χ4n) is 1.06. The number of carbonyl (C=O) groups is 4. The first-order chi connectivity index (χ1) is 9.52. The van der Waals surface area contributed by atoms with Crippen LogP contribution in [0.1, 0.15) is 40.5 Å². The Balaban J connectivity index is 4.11. The third-order valence-corrected chi connectivity index (χ3v) is 2.25. The molecule has 0 aliphatic heterocycles. The van der Waals surface area contributed by atoms with E-state index in [9.17, 15) is 19.2 Å². The second-order valence-corrected chi connectivity index (χ2v) is 5.47. The van der Waals surface area contributed by atoms with Gasteiger partial charge in [0.1, 0.15) is 0 Å². The molecule has 0 rings (SSSR count). The molecule has 0 aliphatic rings. The lowest BCUT2D eigenvalue weighted by atomic mass is 9.97. The van der Waals surface area contributed by atoms with E-state index in [4.69, 9.17) is 9.84 Å². The predicted octanol–water partition coefficient (Wildman–Crippen LogP) is 1.45. The zero-order valence-corrected chi connectivity index (χ0v) is 12.5. The normalized spacial score (nSPS) is 12.8. The molecule has 0 amide bonds. The van der Waals surface area contributed by atoms with Gasteiger partial charge in [-0.05, 0) is 34.1 Å². The first-order valence-electron chi connectivity index (χ1n) is 6.39. The molecule has 0 aromatic rings. The maximum absolute atomic E-state index is 11.5. The lowest BCUT2D eigenvalue weighted by molar-refractivity contribution is -0.166. The first-order valence-corrected chi connectivity index (χ1v) is 6.39. The Labute approximate surface area is 122 Å². The van der Waals surface area contributed by atoms with Gasteiger partial charge in [0.2, 0.25) is 0 Å². The molecule has 0 heterocycles. The number of carboxylic acid groups (broad SMARTS) is 1. The van der Waals surface area contributed by atoms with Crippen molar-refractivity contribution in [2.75, 3.05) is 0 Å². The molecular formula is C14H20O7. The van der Waals surface area contributed by atoms with Crippen LogP contribution in [0.25, 0.3) is 0 Å². The summed E-state index contributed by atoms with van der Waals surface area (Å²) < 4.78 is 9.48. The van der Waals surface area contributed by atoms with Gasteiger partial charge in [0.05, 0.1) is 11.5 Å². The van der Waals surface area contributed by atoms with Crippen LogP contribution >= 0.6 is 0 Å². The molecule has 0 saturated carbocycles. The van der Waals surface area contributed by atoms with Crippen LogP contribution in [-0.2, 0) is 28.7 Å². The average Bonchev–Trinajstić information content (AvgIpc) is 2.32. The predicted molar refractivity (Wildman–Crippen MR) is 72.1 cm³/mol. The molecule has 0 aliphatic carbocycles. The summed E-state index contributed by atoms with van der Waals surface area (Å²) in [5.74, 6) is -3.40. The Morgan fingerprint density at radius 1 is 1.14 bits per heavy atom. The van der Waals surface area contributed by atoms with Crippen molar-refractivity contribution in [3.8, 4) is 0 Å². The monoisotopic (exact) mass is 300 g/mol. The molecule has 0 aromatic heterocycles. The molecular weight excluding hydrogens is 280 g/mol. The van der Waals surface area contributed by atoms with Gasteiger partial charge < -0.3 is 14.6 Å². The fourth-order valence-corrected chi connectivity index (χ4v) is 1.06. The van der Waals surface area contributed by atoms with Crippen molar-refractivity contribution in [3.63, 3.8) is 0 Å². The summed E-state index contributed by atoms with van der Waals surface area (Å²) >= 11 is 0. The van der Waals surface area contributed by atoms with Gasteiger partial charge in [0, 0.05) is 18.6 Å². The number of ether oxygens (including phenoxy) is 2. The Morgan fingerprint density at radius 3 is 2.19 bits per heavy atom. The van der Waals surface area contributed by atoms with Gasteiger partial charge in [-0.3, -0.25) is 9.59 Å². The van der Waals surface area contributed by atoms with Crippen molar-refractivity contribution in [2.45, 2.75) is 46.6 Å². The zero-order valence-electron chi connectivity index (χ0n) is 12.5. The van der Waals surface area contributed by atoms with Crippen LogP contribution in [0.4, 0.5) is 0 Å². The fraction of sp³-hybridized carbons (Fsp3) is 0.571. The molecule has 21 heavy (non-hydrogen) atoms. The van der Waals surface area contributed by atoms with Crippen molar-refractivity contribution >= 4 is 23.9 Å². The highest BCUT2D eigenvalue weighted by molar-refractivity contribution is 5.91. The van der Waals surface area contributed by atoms with Crippen molar-refractivity contribution in [2.24, 2.45) is 5.41 Å². The van der Waals surface area contributed by atoms with Gasteiger partial charge in [-0.2, -0.15) is 0 Å². The van der Waals surface area contributed by atoms with Crippen LogP contribution in [0.15, 0.2) is 12.2 Å². The molecule has 0 spiro atoms. The Morgan fingerprint density at radius 2 is 1.71 bits per heavy atom. The number of carbonyl (C=O) groups excluding carboxylic acids is 3. The minimum atomic E-state index is -1.26. The summed E-state index contributed by atoms with van der Waals surface area (Å²) in [5, 5.41) is 8.33. The quantitative estimate of drug-likeness (QED) is 0.449. The summed E-state index contributed by atoms with van der Waals surface area (Å²) in [6.07, 6.45) is 0.918. The number of aliphatic carboxylic acids is 1. The van der Waals surface area contributed by atoms with Crippen LogP contribution in [0.5, 0.6) is 0 Å². The van der Waals surface area contributed by atoms with Crippen LogP contribution < -0.4 is 0 Å². The maximum Gasteiger partial charge on any atom is 0.331 e. The molecule has 7 nitrogen and oxygen atoms in total. The minimum absolute atomic E-state index is 0.0844. The summed E-state index contributed by atoms with van der Waals surface area (Å²) in [5.41, 5.74) is -0.768. The smallest absolute Gasteiger partial charge is 0.331 e. The molecule has 0 saturated heterocycles. The summed E-state index contributed by atoms with van der Waals surface area (Å²) in [6.45, 7) is 6.43. The highest BCUT2D eigenvalue weighted by Gasteiger charge is 2.25. The summed E-state index contributed by atoms with van der Waals surface area (Å²) in [6, 6.07) is 0. The molecule has 0 fully saturated rings. The van der Waals surface area contributed by atoms with E-state index >= 15 is 0 Å². The SMILES string of the molecule is CC(CCC(=O)OC(=O)C(C)(C)C)OC(=O)/C=C/C(=O)O. The maximum atomic E-state index is 11.5. The molecule has 7 heteroatoms. The molecule has 1 N–H and O–H groups in total. The lowest BCUT2D eigenvalue weighted by Crippen LogP contribution is -2.26. The zero-order chi connectivity index (χ0) is 16.6. The second kappa shape index (κ2) is 8.18. The van der Waals surface area contributed by atoms with Crippen molar-refractivity contribution in [1.29, 1.82) is 0 Å². The first kappa shape index (κ1) is 18.8. The van der Waals surface area contributed by atoms with Crippen LogP contribution in [0.3, 0.4) is 0 Å². The van der Waals surface area contributed by atoms with Gasteiger partial charge in [-0.15, -0.1) is 0 Å². The van der Waals surface area contributed by atoms with E-state index in [0.29, 0.717) is 6.08 Å². The largest absolute Gasteiger partial charge is 0.478 e. The van der Waals surface area contributed by atoms with Crippen molar-refractivity contribution in [1.82, 2.24) is 0 Å². The Hall–Kier alpha value is -2.18.